The van der Waals surface area contributed by atoms with Gasteiger partial charge in [-0.1, -0.05) is 85.6 Å². The Bertz CT molecular complexity index is 1910. The minimum atomic E-state index is -3.52. The lowest BCUT2D eigenvalue weighted by Gasteiger charge is -2.58. The Hall–Kier alpha value is -4.02. The maximum absolute atomic E-state index is 13.7. The summed E-state index contributed by atoms with van der Waals surface area (Å²) in [5.41, 5.74) is 6.15. The fourth-order valence-electron chi connectivity index (χ4n) is 8.09. The molecule has 2 fully saturated rings. The zero-order valence-electron chi connectivity index (χ0n) is 27.0. The molecule has 3 aliphatic rings. The van der Waals surface area contributed by atoms with E-state index in [1.54, 1.807) is 12.1 Å². The molecule has 1 heterocycles. The first-order valence-corrected chi connectivity index (χ1v) is 19.2. The van der Waals surface area contributed by atoms with Crippen molar-refractivity contribution in [1.29, 1.82) is 0 Å². The molecule has 250 valence electrons. The molecule has 0 radical (unpaired) electrons. The zero-order chi connectivity index (χ0) is 33.3. The van der Waals surface area contributed by atoms with Gasteiger partial charge in [0.25, 0.3) is 0 Å². The molecule has 1 aliphatic heterocycles. The number of ether oxygens (including phenoxy) is 2. The Morgan fingerprint density at radius 3 is 2.29 bits per heavy atom. The second-order valence-corrected chi connectivity index (χ2v) is 15.7. The monoisotopic (exact) mass is 729 g/mol. The number of carbonyl (C=O) groups is 1. The highest BCUT2D eigenvalue weighted by molar-refractivity contribution is 9.10. The maximum atomic E-state index is 13.7. The van der Waals surface area contributed by atoms with Crippen LogP contribution in [-0.2, 0) is 39.8 Å². The van der Waals surface area contributed by atoms with E-state index in [1.165, 1.54) is 5.56 Å². The minimum absolute atomic E-state index is 0.00856. The first-order valence-electron chi connectivity index (χ1n) is 16.6. The summed E-state index contributed by atoms with van der Waals surface area (Å²) in [6.45, 7) is 1.27. The van der Waals surface area contributed by atoms with Crippen LogP contribution >= 0.6 is 15.9 Å². The van der Waals surface area contributed by atoms with Gasteiger partial charge in [-0.15, -0.1) is 0 Å². The lowest BCUT2D eigenvalue weighted by atomic mass is 9.52. The second-order valence-electron chi connectivity index (χ2n) is 13.2. The molecular weight excluding hydrogens is 690 g/mol. The molecule has 2 bridgehead atoms. The van der Waals surface area contributed by atoms with Crippen LogP contribution in [-0.4, -0.2) is 38.3 Å². The number of anilines is 3. The molecule has 8 nitrogen and oxygen atoms in total. The van der Waals surface area contributed by atoms with Crippen LogP contribution in [0.5, 0.6) is 5.75 Å². The number of halogens is 1. The number of para-hydroxylation sites is 2. The number of rotatable bonds is 9. The molecule has 4 aromatic rings. The summed E-state index contributed by atoms with van der Waals surface area (Å²) in [5.74, 6) is 1.02. The van der Waals surface area contributed by atoms with Gasteiger partial charge in [0, 0.05) is 22.5 Å². The number of nitrogens with zero attached hydrogens (tertiary/aromatic N) is 1. The van der Waals surface area contributed by atoms with E-state index in [0.717, 1.165) is 65.2 Å². The number of carbonyl (C=O) groups excluding carboxylic acids is 1. The van der Waals surface area contributed by atoms with Crippen LogP contribution in [0.2, 0.25) is 0 Å². The van der Waals surface area contributed by atoms with Crippen molar-refractivity contribution in [2.75, 3.05) is 22.8 Å². The summed E-state index contributed by atoms with van der Waals surface area (Å²) in [6.07, 6.45) is 6.84. The average Bonchev–Trinajstić information content (AvgIpc) is 3.09. The van der Waals surface area contributed by atoms with Crippen LogP contribution < -0.4 is 14.8 Å². The SMILES string of the molecule is CS(=O)(=O)Nc1ccccc1Nc1c(OCc2ccccc2)cc2c(c1Br)C[C@H]1[C@H]3CCCC[C@@]23CCN1C(=O)OCc1ccccc1. The van der Waals surface area contributed by atoms with Crippen LogP contribution in [0, 0.1) is 5.92 Å². The third-order valence-electron chi connectivity index (χ3n) is 10.2. The van der Waals surface area contributed by atoms with Gasteiger partial charge in [-0.3, -0.25) is 4.72 Å². The van der Waals surface area contributed by atoms with Gasteiger partial charge >= 0.3 is 6.09 Å². The van der Waals surface area contributed by atoms with Crippen molar-refractivity contribution in [2.24, 2.45) is 5.92 Å². The van der Waals surface area contributed by atoms with E-state index in [0.29, 0.717) is 42.6 Å². The predicted molar refractivity (Wildman–Crippen MR) is 192 cm³/mol. The van der Waals surface area contributed by atoms with Crippen molar-refractivity contribution < 1.29 is 22.7 Å². The first-order chi connectivity index (χ1) is 23.2. The zero-order valence-corrected chi connectivity index (χ0v) is 29.4. The molecule has 10 heteroatoms. The van der Waals surface area contributed by atoms with E-state index in [2.05, 4.69) is 32.0 Å². The van der Waals surface area contributed by atoms with E-state index in [4.69, 9.17) is 9.47 Å². The predicted octanol–water partition coefficient (Wildman–Crippen LogP) is 8.54. The van der Waals surface area contributed by atoms with Crippen molar-refractivity contribution >= 4 is 49.1 Å². The third-order valence-corrected chi connectivity index (χ3v) is 11.7. The fraction of sp³-hybridized carbons (Fsp3) is 0.342. The van der Waals surface area contributed by atoms with E-state index in [-0.39, 0.29) is 24.2 Å². The van der Waals surface area contributed by atoms with Gasteiger partial charge in [0.1, 0.15) is 19.0 Å². The number of hydrogen-bond donors (Lipinski definition) is 2. The van der Waals surface area contributed by atoms with Gasteiger partial charge in [0.05, 0.1) is 23.3 Å². The second kappa shape index (κ2) is 13.5. The van der Waals surface area contributed by atoms with Gasteiger partial charge in [0.2, 0.25) is 10.0 Å². The number of fused-ring (bicyclic) bond motifs is 1. The highest BCUT2D eigenvalue weighted by Gasteiger charge is 2.56. The van der Waals surface area contributed by atoms with Gasteiger partial charge < -0.3 is 19.7 Å². The molecule has 1 saturated heterocycles. The molecule has 7 rings (SSSR count). The maximum Gasteiger partial charge on any atom is 0.410 e. The van der Waals surface area contributed by atoms with Crippen LogP contribution in [0.3, 0.4) is 0 Å². The number of sulfonamides is 1. The number of amides is 1. The van der Waals surface area contributed by atoms with Crippen molar-refractivity contribution in [1.82, 2.24) is 4.90 Å². The summed E-state index contributed by atoms with van der Waals surface area (Å²) in [7, 11) is -3.52. The summed E-state index contributed by atoms with van der Waals surface area (Å²) in [4.78, 5) is 15.7. The summed E-state index contributed by atoms with van der Waals surface area (Å²) in [6, 6.07) is 29.3. The van der Waals surface area contributed by atoms with Crippen LogP contribution in [0.4, 0.5) is 21.9 Å². The van der Waals surface area contributed by atoms with E-state index in [9.17, 15) is 13.2 Å². The number of benzene rings is 4. The molecule has 0 unspecified atom stereocenters. The molecule has 2 aliphatic carbocycles. The summed E-state index contributed by atoms with van der Waals surface area (Å²) in [5, 5.41) is 3.52. The normalized spacial score (nSPS) is 21.4. The van der Waals surface area contributed by atoms with Gasteiger partial charge in [-0.05, 0) is 88.0 Å². The van der Waals surface area contributed by atoms with Crippen molar-refractivity contribution in [3.63, 3.8) is 0 Å². The third kappa shape index (κ3) is 6.52. The lowest BCUT2D eigenvalue weighted by molar-refractivity contribution is -0.0138. The Labute approximate surface area is 291 Å². The quantitative estimate of drug-likeness (QED) is 0.179. The lowest BCUT2D eigenvalue weighted by Crippen LogP contribution is -2.62. The van der Waals surface area contributed by atoms with Gasteiger partial charge in [-0.2, -0.15) is 0 Å². The Kier molecular flexibility index (Phi) is 9.13. The highest BCUT2D eigenvalue weighted by atomic mass is 79.9. The standard InChI is InChI=1S/C38H40BrN3O5S/c1-48(44,45)41-32-18-9-8-17-31(32)40-36-34(46-24-26-12-4-2-5-13-26)23-30-28(35(36)39)22-33-29-16-10-11-19-38(29,30)20-21-42(33)37(43)47-25-27-14-6-3-7-15-27/h2-9,12-15,17-18,23,29,33,40-41H,10-11,16,19-22,24-25H2,1H3/t29-,33+,38+/m1/s1. The Morgan fingerprint density at radius 2 is 1.58 bits per heavy atom. The average molecular weight is 731 g/mol. The fourth-order valence-corrected chi connectivity index (χ4v) is 9.34. The van der Waals surface area contributed by atoms with Crippen molar-refractivity contribution in [2.45, 2.75) is 63.2 Å². The minimum Gasteiger partial charge on any atom is -0.487 e. The summed E-state index contributed by atoms with van der Waals surface area (Å²) < 4.78 is 40.5. The van der Waals surface area contributed by atoms with E-state index >= 15 is 0 Å². The van der Waals surface area contributed by atoms with Crippen LogP contribution in [0.25, 0.3) is 0 Å². The number of likely N-dealkylation sites (tertiary alicyclic amines) is 1. The largest absolute Gasteiger partial charge is 0.487 e. The van der Waals surface area contributed by atoms with E-state index < -0.39 is 10.0 Å². The molecule has 1 amide bonds. The molecule has 0 spiro atoms. The van der Waals surface area contributed by atoms with Crippen molar-refractivity contribution in [3.8, 4) is 5.75 Å². The molecule has 48 heavy (non-hydrogen) atoms. The molecular formula is C38H40BrN3O5S. The van der Waals surface area contributed by atoms with Crippen LogP contribution in [0.15, 0.2) is 95.5 Å². The topological polar surface area (TPSA) is 97.0 Å². The molecule has 1 saturated carbocycles. The summed E-state index contributed by atoms with van der Waals surface area (Å²) >= 11 is 4.01. The van der Waals surface area contributed by atoms with E-state index in [1.807, 2.05) is 77.7 Å². The van der Waals surface area contributed by atoms with Gasteiger partial charge in [0.15, 0.2) is 0 Å². The smallest absolute Gasteiger partial charge is 0.410 e. The van der Waals surface area contributed by atoms with Crippen molar-refractivity contribution in [3.05, 3.63) is 118 Å². The molecule has 4 aromatic carbocycles. The first kappa shape index (κ1) is 32.5. The number of piperidine rings is 1. The number of hydrogen-bond acceptors (Lipinski definition) is 6. The molecule has 0 aromatic heterocycles. The Balaban J connectivity index is 1.28. The van der Waals surface area contributed by atoms with Gasteiger partial charge in [-0.25, -0.2) is 13.2 Å². The highest BCUT2D eigenvalue weighted by Crippen LogP contribution is 2.59. The molecule has 3 atom stereocenters. The number of nitrogens with one attached hydrogen (secondary N) is 2. The molecule has 2 N–H and O–H groups in total. The Morgan fingerprint density at radius 1 is 0.917 bits per heavy atom. The van der Waals surface area contributed by atoms with Crippen LogP contribution in [0.1, 0.15) is 54.4 Å².